The number of aromatic hydroxyl groups is 1. The maximum Gasteiger partial charge on any atom is 0.335 e. The Kier molecular flexibility index (Phi) is 4.45. The number of nitrogens with one attached hydrogen (secondary N) is 2. The molecule has 0 aliphatic carbocycles. The quantitative estimate of drug-likeness (QED) is 0.672. The Morgan fingerprint density at radius 3 is 2.38 bits per heavy atom. The van der Waals surface area contributed by atoms with Gasteiger partial charge in [0.1, 0.15) is 0 Å². The van der Waals surface area contributed by atoms with Gasteiger partial charge in [0, 0.05) is 5.69 Å². The molecule has 26 heavy (non-hydrogen) atoms. The highest BCUT2D eigenvalue weighted by Crippen LogP contribution is 2.20. The predicted octanol–water partition coefficient (Wildman–Crippen LogP) is 2.10. The summed E-state index contributed by atoms with van der Waals surface area (Å²) in [5.41, 5.74) is 0.392. The summed E-state index contributed by atoms with van der Waals surface area (Å²) in [7, 11) is 0. The molecule has 1 aromatic heterocycles. The summed E-state index contributed by atoms with van der Waals surface area (Å²) in [5, 5.41) is 13.0. The number of aryl methyl sites for hydroxylation is 2. The second-order valence-corrected chi connectivity index (χ2v) is 5.88. The van der Waals surface area contributed by atoms with Crippen LogP contribution < -0.4 is 16.6 Å². The summed E-state index contributed by atoms with van der Waals surface area (Å²) in [6.45, 7) is 3.77. The number of aromatic amines is 1. The van der Waals surface area contributed by atoms with Gasteiger partial charge in [-0.05, 0) is 49.2 Å². The van der Waals surface area contributed by atoms with E-state index in [0.29, 0.717) is 11.4 Å². The SMILES string of the molecule is Cc1ccc(-n2c(O)c(C(=O)Nc3ccccc3)c(=O)[nH]c2=O)cc1C. The van der Waals surface area contributed by atoms with Gasteiger partial charge in [0.2, 0.25) is 5.88 Å². The molecule has 7 nitrogen and oxygen atoms in total. The maximum atomic E-state index is 12.5. The Morgan fingerprint density at radius 1 is 1.04 bits per heavy atom. The van der Waals surface area contributed by atoms with Gasteiger partial charge in [-0.15, -0.1) is 0 Å². The molecule has 132 valence electrons. The predicted molar refractivity (Wildman–Crippen MR) is 98.2 cm³/mol. The van der Waals surface area contributed by atoms with Gasteiger partial charge in [-0.3, -0.25) is 14.6 Å². The second-order valence-electron chi connectivity index (χ2n) is 5.88. The average molecular weight is 351 g/mol. The highest BCUT2D eigenvalue weighted by molar-refractivity contribution is 6.05. The number of anilines is 1. The molecule has 0 saturated heterocycles. The molecule has 3 N–H and O–H groups in total. The van der Waals surface area contributed by atoms with Gasteiger partial charge in [-0.2, -0.15) is 0 Å². The molecule has 0 fully saturated rings. The van der Waals surface area contributed by atoms with Crippen LogP contribution in [0.15, 0.2) is 58.1 Å². The van der Waals surface area contributed by atoms with Gasteiger partial charge >= 0.3 is 5.69 Å². The summed E-state index contributed by atoms with van der Waals surface area (Å²) < 4.78 is 0.897. The Morgan fingerprint density at radius 2 is 1.73 bits per heavy atom. The number of amides is 1. The van der Waals surface area contributed by atoms with E-state index in [1.165, 1.54) is 0 Å². The smallest absolute Gasteiger partial charge is 0.335 e. The first-order chi connectivity index (χ1) is 12.4. The van der Waals surface area contributed by atoms with Crippen LogP contribution in [0.2, 0.25) is 0 Å². The minimum absolute atomic E-state index is 0.348. The van der Waals surface area contributed by atoms with Crippen molar-refractivity contribution in [3.05, 3.63) is 86.1 Å². The molecule has 7 heteroatoms. The van der Waals surface area contributed by atoms with Crippen LogP contribution in [0.5, 0.6) is 5.88 Å². The number of para-hydroxylation sites is 1. The van der Waals surface area contributed by atoms with Crippen LogP contribution >= 0.6 is 0 Å². The standard InChI is InChI=1S/C19H17N3O4/c1-11-8-9-14(10-12(11)2)22-18(25)15(17(24)21-19(22)26)16(23)20-13-6-4-3-5-7-13/h3-10,25H,1-2H3,(H,20,23)(H,21,24,26). The number of carbonyl (C=O) groups is 1. The number of carbonyl (C=O) groups excluding carboxylic acids is 1. The van der Waals surface area contributed by atoms with Gasteiger partial charge in [-0.1, -0.05) is 24.3 Å². The molecule has 0 aliphatic heterocycles. The summed E-state index contributed by atoms with van der Waals surface area (Å²) in [4.78, 5) is 38.9. The van der Waals surface area contributed by atoms with E-state index in [1.54, 1.807) is 48.5 Å². The first kappa shape index (κ1) is 17.2. The van der Waals surface area contributed by atoms with Crippen molar-refractivity contribution in [3.8, 4) is 11.6 Å². The van der Waals surface area contributed by atoms with Crippen LogP contribution in [-0.4, -0.2) is 20.6 Å². The summed E-state index contributed by atoms with van der Waals surface area (Å²) in [5.74, 6) is -1.53. The largest absolute Gasteiger partial charge is 0.493 e. The Bertz CT molecular complexity index is 1100. The van der Waals surface area contributed by atoms with Crippen molar-refractivity contribution < 1.29 is 9.90 Å². The fraction of sp³-hybridized carbons (Fsp3) is 0.105. The molecule has 0 bridgehead atoms. The van der Waals surface area contributed by atoms with Crippen LogP contribution in [0.25, 0.3) is 5.69 Å². The minimum Gasteiger partial charge on any atom is -0.493 e. The van der Waals surface area contributed by atoms with Gasteiger partial charge in [0.25, 0.3) is 11.5 Å². The number of aromatic nitrogens is 2. The fourth-order valence-electron chi connectivity index (χ4n) is 2.55. The van der Waals surface area contributed by atoms with Crippen LogP contribution in [0.1, 0.15) is 21.5 Å². The third kappa shape index (κ3) is 3.14. The van der Waals surface area contributed by atoms with E-state index < -0.39 is 28.6 Å². The van der Waals surface area contributed by atoms with Crippen molar-refractivity contribution >= 4 is 11.6 Å². The number of benzene rings is 2. The van der Waals surface area contributed by atoms with E-state index in [9.17, 15) is 19.5 Å². The number of H-pyrrole nitrogens is 1. The maximum absolute atomic E-state index is 12.5. The molecular formula is C19H17N3O4. The van der Waals surface area contributed by atoms with E-state index in [4.69, 9.17) is 0 Å². The van der Waals surface area contributed by atoms with E-state index in [1.807, 2.05) is 13.8 Å². The van der Waals surface area contributed by atoms with E-state index in [0.717, 1.165) is 15.7 Å². The van der Waals surface area contributed by atoms with Crippen LogP contribution in [0.4, 0.5) is 5.69 Å². The fourth-order valence-corrected chi connectivity index (χ4v) is 2.55. The number of rotatable bonds is 3. The summed E-state index contributed by atoms with van der Waals surface area (Å²) in [6, 6.07) is 13.6. The zero-order valence-electron chi connectivity index (χ0n) is 14.2. The summed E-state index contributed by atoms with van der Waals surface area (Å²) in [6.07, 6.45) is 0. The molecule has 0 spiro atoms. The molecule has 0 radical (unpaired) electrons. The average Bonchev–Trinajstić information content (AvgIpc) is 2.58. The van der Waals surface area contributed by atoms with Gasteiger partial charge in [-0.25, -0.2) is 9.36 Å². The van der Waals surface area contributed by atoms with Crippen LogP contribution in [0.3, 0.4) is 0 Å². The van der Waals surface area contributed by atoms with E-state index >= 15 is 0 Å². The third-order valence-electron chi connectivity index (χ3n) is 4.09. The molecule has 0 saturated carbocycles. The number of hydrogen-bond donors (Lipinski definition) is 3. The second kappa shape index (κ2) is 6.72. The van der Waals surface area contributed by atoms with Gasteiger partial charge in [0.05, 0.1) is 5.69 Å². The Hall–Kier alpha value is -3.61. The highest BCUT2D eigenvalue weighted by Gasteiger charge is 2.22. The third-order valence-corrected chi connectivity index (χ3v) is 4.09. The number of nitrogens with zero attached hydrogens (tertiary/aromatic N) is 1. The van der Waals surface area contributed by atoms with Crippen LogP contribution in [0, 0.1) is 13.8 Å². The first-order valence-electron chi connectivity index (χ1n) is 7.91. The van der Waals surface area contributed by atoms with Crippen LogP contribution in [-0.2, 0) is 0 Å². The molecule has 0 atom stereocenters. The lowest BCUT2D eigenvalue weighted by Crippen LogP contribution is -2.34. The molecule has 3 rings (SSSR count). The molecular weight excluding hydrogens is 334 g/mol. The van der Waals surface area contributed by atoms with Crippen molar-refractivity contribution in [2.24, 2.45) is 0 Å². The van der Waals surface area contributed by atoms with Crippen molar-refractivity contribution in [2.75, 3.05) is 5.32 Å². The first-order valence-corrected chi connectivity index (χ1v) is 7.91. The highest BCUT2D eigenvalue weighted by atomic mass is 16.3. The lowest BCUT2D eigenvalue weighted by molar-refractivity contribution is 0.102. The van der Waals surface area contributed by atoms with E-state index in [-0.39, 0.29) is 0 Å². The normalized spacial score (nSPS) is 10.5. The Labute approximate surface area is 148 Å². The lowest BCUT2D eigenvalue weighted by Gasteiger charge is -2.13. The van der Waals surface area contributed by atoms with Crippen molar-refractivity contribution in [2.45, 2.75) is 13.8 Å². The lowest BCUT2D eigenvalue weighted by atomic mass is 10.1. The zero-order chi connectivity index (χ0) is 18.8. The molecule has 3 aromatic rings. The summed E-state index contributed by atoms with van der Waals surface area (Å²) >= 11 is 0. The molecule has 2 aromatic carbocycles. The van der Waals surface area contributed by atoms with Crippen molar-refractivity contribution in [1.82, 2.24) is 9.55 Å². The molecule has 0 aliphatic rings. The monoisotopic (exact) mass is 351 g/mol. The molecule has 0 unspecified atom stereocenters. The van der Waals surface area contributed by atoms with Gasteiger partial charge < -0.3 is 10.4 Å². The molecule has 1 heterocycles. The zero-order valence-corrected chi connectivity index (χ0v) is 14.2. The van der Waals surface area contributed by atoms with Crippen molar-refractivity contribution in [1.29, 1.82) is 0 Å². The number of hydrogen-bond acceptors (Lipinski definition) is 4. The van der Waals surface area contributed by atoms with E-state index in [2.05, 4.69) is 10.3 Å². The Balaban J connectivity index is 2.12. The minimum atomic E-state index is -0.957. The van der Waals surface area contributed by atoms with Crippen molar-refractivity contribution in [3.63, 3.8) is 0 Å². The topological polar surface area (TPSA) is 104 Å². The van der Waals surface area contributed by atoms with Gasteiger partial charge in [0.15, 0.2) is 5.56 Å². The molecule has 1 amide bonds.